The highest BCUT2D eigenvalue weighted by Crippen LogP contribution is 2.33. The van der Waals surface area contributed by atoms with E-state index in [0.717, 1.165) is 59.4 Å². The third kappa shape index (κ3) is 6.59. The van der Waals surface area contributed by atoms with E-state index in [1.165, 1.54) is 19.3 Å². The summed E-state index contributed by atoms with van der Waals surface area (Å²) in [5.41, 5.74) is 5.28. The molecule has 0 aliphatic heterocycles. The van der Waals surface area contributed by atoms with Crippen LogP contribution in [0, 0.1) is 5.92 Å². The minimum atomic E-state index is 0.389. The van der Waals surface area contributed by atoms with Crippen LogP contribution in [0.15, 0.2) is 59.8 Å². The molecule has 0 atom stereocenters. The molecule has 158 valence electrons. The molecule has 1 N–H and O–H groups in total. The summed E-state index contributed by atoms with van der Waals surface area (Å²) in [5, 5.41) is 3.23. The van der Waals surface area contributed by atoms with Crippen molar-refractivity contribution in [1.82, 2.24) is 15.2 Å². The molecule has 1 aliphatic carbocycles. The molecule has 0 radical (unpaired) electrons. The van der Waals surface area contributed by atoms with E-state index in [1.54, 1.807) is 6.20 Å². The molecule has 1 saturated carbocycles. The number of hydrogen-bond acceptors (Lipinski definition) is 4. The standard InChI is InChI=1S/C25H38N4/c1-8-17-29(18(3)4)21(7)19(5)25(26-9-2)28-20(6)23-11-10-16-27-24(23)15-14-22-12-13-22/h9-11,16,18,22,26H,2,7-8,12-15,17H2,1,3-6H3/b25-19+,28-20+. The van der Waals surface area contributed by atoms with Crippen LogP contribution in [0.2, 0.25) is 0 Å². The maximum Gasteiger partial charge on any atom is 0.135 e. The van der Waals surface area contributed by atoms with Crippen LogP contribution in [0.1, 0.15) is 71.6 Å². The molecular weight excluding hydrogens is 356 g/mol. The second kappa shape index (κ2) is 11.0. The lowest BCUT2D eigenvalue weighted by Gasteiger charge is -2.31. The molecular formula is C25H38N4. The van der Waals surface area contributed by atoms with Crippen molar-refractivity contribution in [3.8, 4) is 0 Å². The third-order valence-electron chi connectivity index (χ3n) is 5.51. The summed E-state index contributed by atoms with van der Waals surface area (Å²) in [6.45, 7) is 19.9. The van der Waals surface area contributed by atoms with E-state index in [-0.39, 0.29) is 0 Å². The number of nitrogens with one attached hydrogen (secondary N) is 1. The Labute approximate surface area is 177 Å². The Bertz CT molecular complexity index is 769. The van der Waals surface area contributed by atoms with Gasteiger partial charge in [0.25, 0.3) is 0 Å². The highest BCUT2D eigenvalue weighted by atomic mass is 15.2. The van der Waals surface area contributed by atoms with E-state index in [9.17, 15) is 0 Å². The molecule has 0 saturated heterocycles. The Morgan fingerprint density at radius 2 is 2.10 bits per heavy atom. The van der Waals surface area contributed by atoms with Crippen LogP contribution in [0.25, 0.3) is 0 Å². The molecule has 29 heavy (non-hydrogen) atoms. The predicted molar refractivity (Wildman–Crippen MR) is 125 cm³/mol. The van der Waals surface area contributed by atoms with Crippen molar-refractivity contribution in [3.63, 3.8) is 0 Å². The molecule has 0 spiro atoms. The van der Waals surface area contributed by atoms with Crippen molar-refractivity contribution in [3.05, 3.63) is 66.0 Å². The zero-order valence-corrected chi connectivity index (χ0v) is 19.0. The number of rotatable bonds is 12. The quantitative estimate of drug-likeness (QED) is 0.358. The molecule has 1 aliphatic rings. The zero-order chi connectivity index (χ0) is 21.4. The number of hydrogen-bond donors (Lipinski definition) is 1. The Morgan fingerprint density at radius 1 is 1.38 bits per heavy atom. The molecule has 4 heteroatoms. The lowest BCUT2D eigenvalue weighted by atomic mass is 10.0. The highest BCUT2D eigenvalue weighted by molar-refractivity contribution is 6.00. The van der Waals surface area contributed by atoms with Crippen molar-refractivity contribution >= 4 is 5.71 Å². The Morgan fingerprint density at radius 3 is 2.69 bits per heavy atom. The lowest BCUT2D eigenvalue weighted by molar-refractivity contribution is 0.290. The molecule has 0 bridgehead atoms. The van der Waals surface area contributed by atoms with Crippen LogP contribution in [0.5, 0.6) is 0 Å². The predicted octanol–water partition coefficient (Wildman–Crippen LogP) is 5.83. The van der Waals surface area contributed by atoms with E-state index < -0.39 is 0 Å². The van der Waals surface area contributed by atoms with Crippen molar-refractivity contribution in [2.45, 2.75) is 72.8 Å². The van der Waals surface area contributed by atoms with Gasteiger partial charge in [-0.25, -0.2) is 4.99 Å². The first-order valence-corrected chi connectivity index (χ1v) is 10.9. The summed E-state index contributed by atoms with van der Waals surface area (Å²) in [4.78, 5) is 11.9. The molecule has 1 aromatic heterocycles. The fourth-order valence-electron chi connectivity index (χ4n) is 3.56. The molecule has 0 aromatic carbocycles. The first-order chi connectivity index (χ1) is 13.9. The van der Waals surface area contributed by atoms with Gasteiger partial charge in [0, 0.05) is 47.0 Å². The summed E-state index contributed by atoms with van der Waals surface area (Å²) in [5.74, 6) is 1.69. The minimum absolute atomic E-state index is 0.389. The average molecular weight is 395 g/mol. The van der Waals surface area contributed by atoms with Crippen LogP contribution >= 0.6 is 0 Å². The van der Waals surface area contributed by atoms with Crippen LogP contribution in [0.3, 0.4) is 0 Å². The second-order valence-electron chi connectivity index (χ2n) is 8.23. The van der Waals surface area contributed by atoms with Gasteiger partial charge in [-0.3, -0.25) is 4.98 Å². The fraction of sp³-hybridized carbons (Fsp3) is 0.520. The maximum atomic E-state index is 4.95. The van der Waals surface area contributed by atoms with Crippen molar-refractivity contribution in [2.75, 3.05) is 6.54 Å². The van der Waals surface area contributed by atoms with E-state index in [1.807, 2.05) is 12.3 Å². The monoisotopic (exact) mass is 394 g/mol. The van der Waals surface area contributed by atoms with Gasteiger partial charge < -0.3 is 10.2 Å². The summed E-state index contributed by atoms with van der Waals surface area (Å²) in [6.07, 6.45) is 9.63. The number of pyridine rings is 1. The summed E-state index contributed by atoms with van der Waals surface area (Å²) in [7, 11) is 0. The first-order valence-electron chi connectivity index (χ1n) is 10.9. The van der Waals surface area contributed by atoms with Gasteiger partial charge >= 0.3 is 0 Å². The summed E-state index contributed by atoms with van der Waals surface area (Å²) in [6, 6.07) is 4.51. The zero-order valence-electron chi connectivity index (χ0n) is 19.0. The Balaban J connectivity index is 2.34. The van der Waals surface area contributed by atoms with Crippen LogP contribution in [-0.4, -0.2) is 28.2 Å². The van der Waals surface area contributed by atoms with Gasteiger partial charge in [0.05, 0.1) is 0 Å². The summed E-state index contributed by atoms with van der Waals surface area (Å²) >= 11 is 0. The molecule has 2 rings (SSSR count). The molecule has 0 amide bonds. The number of aliphatic imine (C=N–C) groups is 1. The number of nitrogens with zero attached hydrogens (tertiary/aromatic N) is 3. The smallest absolute Gasteiger partial charge is 0.135 e. The van der Waals surface area contributed by atoms with E-state index in [4.69, 9.17) is 4.99 Å². The molecule has 1 fully saturated rings. The maximum absolute atomic E-state index is 4.95. The minimum Gasteiger partial charge on any atom is -0.369 e. The topological polar surface area (TPSA) is 40.5 Å². The average Bonchev–Trinajstić information content (AvgIpc) is 3.53. The largest absolute Gasteiger partial charge is 0.369 e. The van der Waals surface area contributed by atoms with E-state index >= 15 is 0 Å². The first kappa shape index (κ1) is 22.9. The van der Waals surface area contributed by atoms with Gasteiger partial charge in [0.2, 0.25) is 0 Å². The van der Waals surface area contributed by atoms with E-state index in [2.05, 4.69) is 69.0 Å². The van der Waals surface area contributed by atoms with Crippen molar-refractivity contribution < 1.29 is 0 Å². The molecule has 0 unspecified atom stereocenters. The Kier molecular flexibility index (Phi) is 8.69. The SMILES string of the molecule is C=CNC(/N=C(\C)c1cccnc1CCC1CC1)=C(/C)C(=C)N(CCC)C(C)C. The van der Waals surface area contributed by atoms with Crippen molar-refractivity contribution in [2.24, 2.45) is 10.9 Å². The van der Waals surface area contributed by atoms with Gasteiger partial charge in [0.1, 0.15) is 5.82 Å². The van der Waals surface area contributed by atoms with Gasteiger partial charge in [-0.1, -0.05) is 32.9 Å². The summed E-state index contributed by atoms with van der Waals surface area (Å²) < 4.78 is 0. The van der Waals surface area contributed by atoms with Crippen LogP contribution < -0.4 is 5.32 Å². The Hall–Kier alpha value is -2.36. The van der Waals surface area contributed by atoms with Gasteiger partial charge in [-0.2, -0.15) is 0 Å². The highest BCUT2D eigenvalue weighted by Gasteiger charge is 2.22. The van der Waals surface area contributed by atoms with Gasteiger partial charge in [-0.15, -0.1) is 0 Å². The number of aryl methyl sites for hydroxylation is 1. The number of aromatic nitrogens is 1. The molecule has 1 heterocycles. The normalized spacial score (nSPS) is 15.2. The van der Waals surface area contributed by atoms with Crippen LogP contribution in [0.4, 0.5) is 0 Å². The second-order valence-corrected chi connectivity index (χ2v) is 8.23. The lowest BCUT2D eigenvalue weighted by Crippen LogP contribution is -2.31. The van der Waals surface area contributed by atoms with Crippen molar-refractivity contribution in [1.29, 1.82) is 0 Å². The fourth-order valence-corrected chi connectivity index (χ4v) is 3.56. The van der Waals surface area contributed by atoms with Crippen LogP contribution in [-0.2, 0) is 6.42 Å². The molecule has 4 nitrogen and oxygen atoms in total. The number of allylic oxidation sites excluding steroid dienone is 1. The third-order valence-corrected chi connectivity index (χ3v) is 5.51. The van der Waals surface area contributed by atoms with Gasteiger partial charge in [-0.05, 0) is 71.2 Å². The molecule has 1 aromatic rings. The van der Waals surface area contributed by atoms with Gasteiger partial charge in [0.15, 0.2) is 0 Å². The van der Waals surface area contributed by atoms with E-state index in [0.29, 0.717) is 6.04 Å².